The van der Waals surface area contributed by atoms with Crippen LogP contribution in [0.1, 0.15) is 24.8 Å². The van der Waals surface area contributed by atoms with Crippen LogP contribution in [0.5, 0.6) is 0 Å². The number of nitrogens with one attached hydrogen (secondary N) is 1. The van der Waals surface area contributed by atoms with Gasteiger partial charge in [-0.15, -0.1) is 24.8 Å². The van der Waals surface area contributed by atoms with Crippen LogP contribution in [0.15, 0.2) is 43.0 Å². The molecule has 1 aromatic heterocycles. The number of fused-ring (bicyclic) bond motifs is 1. The second-order valence-electron chi connectivity index (χ2n) is 6.62. The first-order valence-electron chi connectivity index (χ1n) is 8.41. The van der Waals surface area contributed by atoms with Crippen LogP contribution in [-0.4, -0.2) is 40.1 Å². The number of hydrogen-bond donors (Lipinski definition) is 1. The van der Waals surface area contributed by atoms with Gasteiger partial charge in [-0.3, -0.25) is 4.90 Å². The molecule has 0 radical (unpaired) electrons. The fourth-order valence-electron chi connectivity index (χ4n) is 3.91. The smallest absolute Gasteiger partial charge is 0.0991 e. The Labute approximate surface area is 156 Å². The number of aromatic nitrogens is 2. The van der Waals surface area contributed by atoms with Crippen molar-refractivity contribution in [1.29, 1.82) is 0 Å². The topological polar surface area (TPSA) is 33.1 Å². The molecule has 132 valence electrons. The van der Waals surface area contributed by atoms with Gasteiger partial charge in [-0.05, 0) is 56.0 Å². The second-order valence-corrected chi connectivity index (χ2v) is 6.62. The van der Waals surface area contributed by atoms with Crippen molar-refractivity contribution in [3.8, 4) is 5.69 Å². The van der Waals surface area contributed by atoms with Gasteiger partial charge < -0.3 is 9.88 Å². The van der Waals surface area contributed by atoms with E-state index in [0.29, 0.717) is 0 Å². The van der Waals surface area contributed by atoms with Crippen LogP contribution in [0.2, 0.25) is 0 Å². The lowest BCUT2D eigenvalue weighted by Crippen LogP contribution is -2.51. The number of benzene rings is 1. The lowest BCUT2D eigenvalue weighted by atomic mass is 9.85. The Bertz CT molecular complexity index is 600. The second kappa shape index (κ2) is 8.86. The molecular formula is C18H26Cl2N4. The van der Waals surface area contributed by atoms with Gasteiger partial charge in [0.1, 0.15) is 0 Å². The zero-order chi connectivity index (χ0) is 14.8. The number of likely N-dealkylation sites (tertiary alicyclic amines) is 1. The molecule has 0 unspecified atom stereocenters. The number of imidazole rings is 1. The molecule has 2 aromatic rings. The molecule has 2 atom stereocenters. The average molecular weight is 369 g/mol. The van der Waals surface area contributed by atoms with Gasteiger partial charge in [0.15, 0.2) is 0 Å². The summed E-state index contributed by atoms with van der Waals surface area (Å²) in [5, 5.41) is 3.69. The van der Waals surface area contributed by atoms with E-state index in [1.54, 1.807) is 0 Å². The first kappa shape index (κ1) is 19.3. The summed E-state index contributed by atoms with van der Waals surface area (Å²) in [6.07, 6.45) is 9.68. The van der Waals surface area contributed by atoms with Gasteiger partial charge in [-0.1, -0.05) is 12.1 Å². The maximum atomic E-state index is 4.10. The molecule has 1 N–H and O–H groups in total. The van der Waals surface area contributed by atoms with Crippen molar-refractivity contribution in [3.05, 3.63) is 48.5 Å². The Morgan fingerprint density at radius 1 is 1.12 bits per heavy atom. The van der Waals surface area contributed by atoms with Crippen molar-refractivity contribution >= 4 is 24.8 Å². The third-order valence-corrected chi connectivity index (χ3v) is 5.12. The van der Waals surface area contributed by atoms with Crippen LogP contribution < -0.4 is 5.32 Å². The summed E-state index contributed by atoms with van der Waals surface area (Å²) in [5.74, 6) is 0.854. The van der Waals surface area contributed by atoms with Crippen LogP contribution in [0.4, 0.5) is 0 Å². The number of piperidine rings is 2. The Hall–Kier alpha value is -1.07. The standard InChI is InChI=1S/C18H24N4.2ClH/c1-2-16-13-21(10-7-18(16)20-8-1)12-15-3-5-17(6-4-15)22-11-9-19-14-22;;/h3-6,9,11,14,16,18,20H,1-2,7-8,10,12-13H2;2*1H/t16-,18+;;/m1../s1. The van der Waals surface area contributed by atoms with Crippen LogP contribution in [-0.2, 0) is 6.54 Å². The van der Waals surface area contributed by atoms with E-state index >= 15 is 0 Å². The minimum Gasteiger partial charge on any atom is -0.314 e. The number of rotatable bonds is 3. The van der Waals surface area contributed by atoms with Crippen molar-refractivity contribution in [2.45, 2.75) is 31.8 Å². The molecule has 1 aromatic carbocycles. The Kier molecular flexibility index (Phi) is 7.11. The maximum Gasteiger partial charge on any atom is 0.0991 e. The summed E-state index contributed by atoms with van der Waals surface area (Å²) in [6.45, 7) is 4.77. The Balaban J connectivity index is 0.00000104. The minimum absolute atomic E-state index is 0. The lowest BCUT2D eigenvalue weighted by Gasteiger charge is -2.41. The van der Waals surface area contributed by atoms with Crippen LogP contribution >= 0.6 is 24.8 Å². The molecule has 0 saturated carbocycles. The van der Waals surface area contributed by atoms with Crippen molar-refractivity contribution in [3.63, 3.8) is 0 Å². The maximum absolute atomic E-state index is 4.10. The molecule has 2 fully saturated rings. The van der Waals surface area contributed by atoms with E-state index in [1.165, 1.54) is 50.1 Å². The van der Waals surface area contributed by atoms with Crippen LogP contribution in [0.25, 0.3) is 5.69 Å². The molecule has 24 heavy (non-hydrogen) atoms. The van der Waals surface area contributed by atoms with Gasteiger partial charge >= 0.3 is 0 Å². The Morgan fingerprint density at radius 2 is 1.96 bits per heavy atom. The molecule has 2 saturated heterocycles. The molecule has 0 spiro atoms. The van der Waals surface area contributed by atoms with E-state index in [9.17, 15) is 0 Å². The van der Waals surface area contributed by atoms with Gasteiger partial charge in [0.25, 0.3) is 0 Å². The van der Waals surface area contributed by atoms with E-state index in [2.05, 4.69) is 39.5 Å². The fraction of sp³-hybridized carbons (Fsp3) is 0.500. The van der Waals surface area contributed by atoms with E-state index in [1.807, 2.05) is 23.3 Å². The highest BCUT2D eigenvalue weighted by molar-refractivity contribution is 5.85. The van der Waals surface area contributed by atoms with E-state index < -0.39 is 0 Å². The quantitative estimate of drug-likeness (QED) is 0.901. The van der Waals surface area contributed by atoms with Crippen molar-refractivity contribution in [2.24, 2.45) is 5.92 Å². The van der Waals surface area contributed by atoms with E-state index in [-0.39, 0.29) is 24.8 Å². The largest absolute Gasteiger partial charge is 0.314 e. The zero-order valence-electron chi connectivity index (χ0n) is 13.8. The molecule has 0 aliphatic carbocycles. The highest BCUT2D eigenvalue weighted by atomic mass is 35.5. The molecule has 4 rings (SSSR count). The van der Waals surface area contributed by atoms with E-state index in [4.69, 9.17) is 0 Å². The molecule has 0 amide bonds. The third kappa shape index (κ3) is 4.31. The predicted molar refractivity (Wildman–Crippen MR) is 102 cm³/mol. The van der Waals surface area contributed by atoms with Gasteiger partial charge in [-0.2, -0.15) is 0 Å². The molecule has 2 aliphatic rings. The average Bonchev–Trinajstić information content (AvgIpc) is 3.10. The first-order chi connectivity index (χ1) is 10.9. The summed E-state index contributed by atoms with van der Waals surface area (Å²) in [6, 6.07) is 9.65. The minimum atomic E-state index is 0. The predicted octanol–water partition coefficient (Wildman–Crippen LogP) is 3.29. The first-order valence-corrected chi connectivity index (χ1v) is 8.41. The van der Waals surface area contributed by atoms with Gasteiger partial charge in [0, 0.05) is 37.2 Å². The highest BCUT2D eigenvalue weighted by Crippen LogP contribution is 2.25. The summed E-state index contributed by atoms with van der Waals surface area (Å²) in [7, 11) is 0. The molecule has 0 bridgehead atoms. The van der Waals surface area contributed by atoms with Gasteiger partial charge in [-0.25, -0.2) is 4.98 Å². The van der Waals surface area contributed by atoms with Crippen molar-refractivity contribution in [1.82, 2.24) is 19.8 Å². The summed E-state index contributed by atoms with van der Waals surface area (Å²) in [5.41, 5.74) is 2.59. The fourth-order valence-corrected chi connectivity index (χ4v) is 3.91. The summed E-state index contributed by atoms with van der Waals surface area (Å²) >= 11 is 0. The van der Waals surface area contributed by atoms with Crippen LogP contribution in [0.3, 0.4) is 0 Å². The summed E-state index contributed by atoms with van der Waals surface area (Å²) in [4.78, 5) is 6.73. The molecule has 3 heterocycles. The molecule has 6 heteroatoms. The molecule has 2 aliphatic heterocycles. The normalized spacial score (nSPS) is 23.7. The van der Waals surface area contributed by atoms with Crippen LogP contribution in [0, 0.1) is 5.92 Å². The Morgan fingerprint density at radius 3 is 2.71 bits per heavy atom. The number of nitrogens with zero attached hydrogens (tertiary/aromatic N) is 3. The monoisotopic (exact) mass is 368 g/mol. The summed E-state index contributed by atoms with van der Waals surface area (Å²) < 4.78 is 2.04. The number of hydrogen-bond acceptors (Lipinski definition) is 3. The third-order valence-electron chi connectivity index (χ3n) is 5.12. The van der Waals surface area contributed by atoms with Crippen molar-refractivity contribution < 1.29 is 0 Å². The van der Waals surface area contributed by atoms with Gasteiger partial charge in [0.2, 0.25) is 0 Å². The SMILES string of the molecule is Cl.Cl.c1cn(-c2ccc(CN3CC[C@@H]4NCCC[C@@H]4C3)cc2)cn1. The zero-order valence-corrected chi connectivity index (χ0v) is 15.4. The molecule has 4 nitrogen and oxygen atoms in total. The van der Waals surface area contributed by atoms with E-state index in [0.717, 1.165) is 18.5 Å². The van der Waals surface area contributed by atoms with Gasteiger partial charge in [0.05, 0.1) is 6.33 Å². The van der Waals surface area contributed by atoms with Crippen molar-refractivity contribution in [2.75, 3.05) is 19.6 Å². The highest BCUT2D eigenvalue weighted by Gasteiger charge is 2.30. The number of halogens is 2. The lowest BCUT2D eigenvalue weighted by molar-refractivity contribution is 0.109. The molecular weight excluding hydrogens is 343 g/mol.